The van der Waals surface area contributed by atoms with Gasteiger partial charge in [0, 0.05) is 18.7 Å². The average Bonchev–Trinajstić information content (AvgIpc) is 3.50. The molecule has 0 saturated carbocycles. The van der Waals surface area contributed by atoms with E-state index in [4.69, 9.17) is 4.74 Å². The maximum absolute atomic E-state index is 13.3. The Morgan fingerprint density at radius 1 is 1.16 bits per heavy atom. The number of cyclic esters (lactones) is 1. The fraction of sp³-hybridized carbons (Fsp3) is 0.500. The lowest BCUT2D eigenvalue weighted by Crippen LogP contribution is -2.45. The molecule has 2 aromatic rings. The van der Waals surface area contributed by atoms with E-state index in [-0.39, 0.29) is 29.9 Å². The van der Waals surface area contributed by atoms with Crippen LogP contribution in [0.25, 0.3) is 5.69 Å². The van der Waals surface area contributed by atoms with Gasteiger partial charge in [-0.05, 0) is 68.6 Å². The van der Waals surface area contributed by atoms with Gasteiger partial charge < -0.3 is 14.5 Å². The van der Waals surface area contributed by atoms with Gasteiger partial charge in [-0.25, -0.2) is 4.79 Å². The van der Waals surface area contributed by atoms with Crippen LogP contribution < -0.4 is 0 Å². The van der Waals surface area contributed by atoms with Crippen molar-refractivity contribution in [1.82, 2.24) is 30.0 Å². The van der Waals surface area contributed by atoms with Gasteiger partial charge in [0.05, 0.1) is 16.8 Å². The molecule has 3 aliphatic rings. The Hall–Kier alpha value is -3.07. The molecule has 2 saturated heterocycles. The normalized spacial score (nSPS) is 23.5. The van der Waals surface area contributed by atoms with Crippen LogP contribution in [-0.2, 0) is 20.7 Å². The third-order valence-electron chi connectivity index (χ3n) is 6.80. The highest BCUT2D eigenvalue weighted by Gasteiger charge is 2.52. The highest BCUT2D eigenvalue weighted by Crippen LogP contribution is 2.46. The quantitative estimate of drug-likeness (QED) is 0.672. The Morgan fingerprint density at radius 2 is 1.94 bits per heavy atom. The summed E-state index contributed by atoms with van der Waals surface area (Å²) >= 11 is 0. The summed E-state index contributed by atoms with van der Waals surface area (Å²) in [6.07, 6.45) is 6.43. The van der Waals surface area contributed by atoms with Crippen LogP contribution in [0.3, 0.4) is 0 Å². The number of amides is 1. The van der Waals surface area contributed by atoms with Gasteiger partial charge in [-0.1, -0.05) is 12.1 Å². The summed E-state index contributed by atoms with van der Waals surface area (Å²) in [6.45, 7) is 5.09. The summed E-state index contributed by atoms with van der Waals surface area (Å²) in [6, 6.07) is 8.31. The lowest BCUT2D eigenvalue weighted by Gasteiger charge is -2.38. The summed E-state index contributed by atoms with van der Waals surface area (Å²) in [7, 11) is 0. The van der Waals surface area contributed by atoms with Crippen molar-refractivity contribution in [2.24, 2.45) is 5.41 Å². The molecule has 31 heavy (non-hydrogen) atoms. The summed E-state index contributed by atoms with van der Waals surface area (Å²) in [4.78, 5) is 30.5. The van der Waals surface area contributed by atoms with Crippen LogP contribution in [0.1, 0.15) is 31.7 Å². The molecule has 5 rings (SSSR count). The minimum atomic E-state index is -0.351. The van der Waals surface area contributed by atoms with Crippen LogP contribution in [0.2, 0.25) is 0 Å². The van der Waals surface area contributed by atoms with Gasteiger partial charge in [0.25, 0.3) is 0 Å². The number of ether oxygens (including phenoxy) is 1. The second-order valence-electron chi connectivity index (χ2n) is 8.74. The molecule has 1 aromatic carbocycles. The number of nitrogens with zero attached hydrogens (tertiary/aromatic N) is 6. The Bertz CT molecular complexity index is 993. The first-order valence-corrected chi connectivity index (χ1v) is 10.8. The van der Waals surface area contributed by atoms with E-state index >= 15 is 0 Å². The SMILES string of the molecule is CC1CC2(CCN(CCc3ccc(-n4ncnn4)cc3)CC2)C(=O)N1C1=CC(=O)OC1. The molecule has 2 fully saturated rings. The van der Waals surface area contributed by atoms with Crippen molar-refractivity contribution < 1.29 is 14.3 Å². The number of aromatic nitrogens is 4. The summed E-state index contributed by atoms with van der Waals surface area (Å²) < 4.78 is 5.02. The molecule has 3 aliphatic heterocycles. The Balaban J connectivity index is 1.16. The fourth-order valence-electron chi connectivity index (χ4n) is 5.11. The number of hydrogen-bond donors (Lipinski definition) is 0. The number of tetrazole rings is 1. The van der Waals surface area contributed by atoms with E-state index in [2.05, 4.69) is 39.4 Å². The topological polar surface area (TPSA) is 93.5 Å². The third-order valence-corrected chi connectivity index (χ3v) is 6.80. The van der Waals surface area contributed by atoms with E-state index < -0.39 is 0 Å². The number of carbonyl (C=O) groups excluding carboxylic acids is 2. The van der Waals surface area contributed by atoms with Gasteiger partial charge in [0.1, 0.15) is 6.61 Å². The molecule has 162 valence electrons. The van der Waals surface area contributed by atoms with E-state index in [0.717, 1.165) is 51.0 Å². The standard InChI is InChI=1S/C22H26N6O3/c1-16-13-22(21(30)27(16)19-12-20(29)31-14-19)7-10-26(11-8-22)9-6-17-2-4-18(5-3-17)28-24-15-23-25-28/h2-5,12,15-16H,6-11,13-14H2,1H3. The first-order valence-electron chi connectivity index (χ1n) is 10.8. The van der Waals surface area contributed by atoms with E-state index in [9.17, 15) is 9.59 Å². The van der Waals surface area contributed by atoms with Crippen molar-refractivity contribution in [3.8, 4) is 5.69 Å². The monoisotopic (exact) mass is 422 g/mol. The summed E-state index contributed by atoms with van der Waals surface area (Å²) in [5.41, 5.74) is 2.57. The summed E-state index contributed by atoms with van der Waals surface area (Å²) in [5.74, 6) is -0.183. The second-order valence-corrected chi connectivity index (χ2v) is 8.74. The molecule has 0 bridgehead atoms. The Labute approximate surface area is 180 Å². The van der Waals surface area contributed by atoms with Crippen molar-refractivity contribution in [1.29, 1.82) is 0 Å². The second kappa shape index (κ2) is 7.88. The number of likely N-dealkylation sites (tertiary alicyclic amines) is 2. The lowest BCUT2D eigenvalue weighted by atomic mass is 9.76. The zero-order chi connectivity index (χ0) is 21.4. The first kappa shape index (κ1) is 19.9. The van der Waals surface area contributed by atoms with Gasteiger partial charge in [-0.15, -0.1) is 15.0 Å². The number of carbonyl (C=O) groups is 2. The Kier molecular flexibility index (Phi) is 5.05. The lowest BCUT2D eigenvalue weighted by molar-refractivity contribution is -0.138. The minimum absolute atomic E-state index is 0.109. The van der Waals surface area contributed by atoms with E-state index in [1.54, 1.807) is 0 Å². The van der Waals surface area contributed by atoms with Crippen LogP contribution in [-0.4, -0.2) is 74.2 Å². The molecule has 1 atom stereocenters. The molecule has 1 unspecified atom stereocenters. The van der Waals surface area contributed by atoms with Crippen molar-refractivity contribution in [3.05, 3.63) is 47.9 Å². The van der Waals surface area contributed by atoms with Crippen LogP contribution in [0.4, 0.5) is 0 Å². The van der Waals surface area contributed by atoms with Crippen LogP contribution in [0.15, 0.2) is 42.4 Å². The number of piperidine rings is 1. The molecule has 0 radical (unpaired) electrons. The molecule has 0 aliphatic carbocycles. The smallest absolute Gasteiger partial charge is 0.333 e. The van der Waals surface area contributed by atoms with E-state index in [0.29, 0.717) is 5.70 Å². The molecular formula is C22H26N6O3. The number of hydrogen-bond acceptors (Lipinski definition) is 7. The van der Waals surface area contributed by atoms with Gasteiger partial charge in [0.2, 0.25) is 5.91 Å². The van der Waals surface area contributed by atoms with Crippen molar-refractivity contribution >= 4 is 11.9 Å². The molecule has 4 heterocycles. The average molecular weight is 422 g/mol. The van der Waals surface area contributed by atoms with Crippen LogP contribution in [0, 0.1) is 5.41 Å². The number of esters is 1. The molecule has 9 nitrogen and oxygen atoms in total. The fourth-order valence-corrected chi connectivity index (χ4v) is 5.11. The van der Waals surface area contributed by atoms with Crippen molar-refractivity contribution in [3.63, 3.8) is 0 Å². The predicted molar refractivity (Wildman–Crippen MR) is 111 cm³/mol. The third kappa shape index (κ3) is 3.74. The van der Waals surface area contributed by atoms with Crippen LogP contribution >= 0.6 is 0 Å². The highest BCUT2D eigenvalue weighted by molar-refractivity contribution is 5.91. The first-order chi connectivity index (χ1) is 15.0. The number of benzene rings is 1. The maximum atomic E-state index is 13.3. The highest BCUT2D eigenvalue weighted by atomic mass is 16.5. The molecule has 1 aromatic heterocycles. The largest absolute Gasteiger partial charge is 0.456 e. The van der Waals surface area contributed by atoms with Gasteiger partial charge >= 0.3 is 5.97 Å². The molecule has 9 heteroatoms. The van der Waals surface area contributed by atoms with Gasteiger partial charge in [-0.3, -0.25) is 4.79 Å². The predicted octanol–water partition coefficient (Wildman–Crippen LogP) is 1.35. The molecule has 0 N–H and O–H groups in total. The molecular weight excluding hydrogens is 396 g/mol. The maximum Gasteiger partial charge on any atom is 0.333 e. The van der Waals surface area contributed by atoms with Gasteiger partial charge in [0.15, 0.2) is 6.33 Å². The minimum Gasteiger partial charge on any atom is -0.456 e. The number of rotatable bonds is 5. The van der Waals surface area contributed by atoms with E-state index in [1.165, 1.54) is 22.8 Å². The zero-order valence-electron chi connectivity index (χ0n) is 17.6. The Morgan fingerprint density at radius 3 is 2.58 bits per heavy atom. The van der Waals surface area contributed by atoms with Gasteiger partial charge in [-0.2, -0.15) is 0 Å². The zero-order valence-corrected chi connectivity index (χ0v) is 17.6. The van der Waals surface area contributed by atoms with Crippen molar-refractivity contribution in [2.75, 3.05) is 26.2 Å². The molecule has 1 spiro atoms. The van der Waals surface area contributed by atoms with Crippen molar-refractivity contribution in [2.45, 2.75) is 38.6 Å². The summed E-state index contributed by atoms with van der Waals surface area (Å²) in [5, 5.41) is 11.7. The van der Waals surface area contributed by atoms with Crippen LogP contribution in [0.5, 0.6) is 0 Å². The molecule has 1 amide bonds. The van der Waals surface area contributed by atoms with E-state index in [1.807, 2.05) is 17.0 Å².